The molecule has 1 aliphatic rings. The Hall–Kier alpha value is -1.36. The Bertz CT molecular complexity index is 473. The maximum Gasteiger partial charge on any atom is 0.193 e. The number of rotatable bonds is 5. The Labute approximate surface area is 138 Å². The van der Waals surface area contributed by atoms with Crippen molar-refractivity contribution in [2.24, 2.45) is 4.99 Å². The van der Waals surface area contributed by atoms with E-state index in [-0.39, 0.29) is 0 Å². The Kier molecular flexibility index (Phi) is 6.43. The van der Waals surface area contributed by atoms with Gasteiger partial charge in [0, 0.05) is 49.4 Å². The van der Waals surface area contributed by atoms with E-state index in [9.17, 15) is 0 Å². The first kappa shape index (κ1) is 17.0. The predicted octanol–water partition coefficient (Wildman–Crippen LogP) is 2.89. The number of nitrogens with one attached hydrogen (secondary N) is 2. The van der Waals surface area contributed by atoms with Gasteiger partial charge >= 0.3 is 0 Å². The van der Waals surface area contributed by atoms with E-state index >= 15 is 0 Å². The van der Waals surface area contributed by atoms with Gasteiger partial charge in [0.15, 0.2) is 5.96 Å². The molecule has 0 radical (unpaired) electrons. The van der Waals surface area contributed by atoms with Gasteiger partial charge in [0.1, 0.15) is 0 Å². The van der Waals surface area contributed by atoms with Gasteiger partial charge in [0.2, 0.25) is 0 Å². The van der Waals surface area contributed by atoms with Crippen LogP contribution in [-0.2, 0) is 0 Å². The van der Waals surface area contributed by atoms with Crippen molar-refractivity contribution >= 4 is 23.4 Å². The maximum atomic E-state index is 4.43. The molecule has 0 saturated carbocycles. The lowest BCUT2D eigenvalue weighted by Gasteiger charge is -2.39. The van der Waals surface area contributed by atoms with Crippen molar-refractivity contribution in [2.45, 2.75) is 25.0 Å². The number of hydrogen-bond donors (Lipinski definition) is 2. The van der Waals surface area contributed by atoms with Gasteiger partial charge in [-0.1, -0.05) is 18.2 Å². The summed E-state index contributed by atoms with van der Waals surface area (Å²) in [6.45, 7) is 8.66. The van der Waals surface area contributed by atoms with Crippen LogP contribution in [0.2, 0.25) is 0 Å². The molecule has 0 aliphatic carbocycles. The zero-order valence-corrected chi connectivity index (χ0v) is 14.7. The molecule has 2 N–H and O–H groups in total. The van der Waals surface area contributed by atoms with Gasteiger partial charge in [-0.3, -0.25) is 4.99 Å². The van der Waals surface area contributed by atoms with E-state index < -0.39 is 0 Å². The van der Waals surface area contributed by atoms with Crippen LogP contribution in [0.4, 0.5) is 5.69 Å². The number of guanidine groups is 1. The molecule has 0 atom stereocenters. The second-order valence-corrected chi connectivity index (χ2v) is 7.95. The summed E-state index contributed by atoms with van der Waals surface area (Å²) in [6.07, 6.45) is 1.07. The Balaban J connectivity index is 1.68. The molecule has 4 nitrogen and oxygen atoms in total. The third-order valence-corrected chi connectivity index (χ3v) is 4.97. The fourth-order valence-corrected chi connectivity index (χ4v) is 3.72. The fraction of sp³-hybridized carbons (Fsp3) is 0.588. The monoisotopic (exact) mass is 320 g/mol. The smallest absolute Gasteiger partial charge is 0.193 e. The first-order chi connectivity index (χ1) is 10.6. The quantitative estimate of drug-likeness (QED) is 0.497. The number of aliphatic imine (C=N–C) groups is 1. The molecule has 0 bridgehead atoms. The van der Waals surface area contributed by atoms with Crippen LogP contribution in [0.1, 0.15) is 20.3 Å². The fourth-order valence-electron chi connectivity index (χ4n) is 2.61. The molecule has 0 amide bonds. The lowest BCUT2D eigenvalue weighted by molar-refractivity contribution is 0.376. The zero-order valence-electron chi connectivity index (χ0n) is 13.9. The van der Waals surface area contributed by atoms with Crippen molar-refractivity contribution in [1.82, 2.24) is 10.2 Å². The molecule has 0 spiro atoms. The zero-order chi connectivity index (χ0) is 15.8. The SMILES string of the molecule is CN=C(NCCCNc1ccccc1)N1CCSC(C)(C)C1. The largest absolute Gasteiger partial charge is 0.385 e. The molecule has 1 aromatic rings. The first-order valence-electron chi connectivity index (χ1n) is 7.99. The van der Waals surface area contributed by atoms with Crippen LogP contribution in [-0.4, -0.2) is 54.6 Å². The van der Waals surface area contributed by atoms with Crippen LogP contribution in [0.5, 0.6) is 0 Å². The van der Waals surface area contributed by atoms with Crippen LogP contribution < -0.4 is 10.6 Å². The highest BCUT2D eigenvalue weighted by molar-refractivity contribution is 8.00. The van der Waals surface area contributed by atoms with Crippen LogP contribution in [0.3, 0.4) is 0 Å². The van der Waals surface area contributed by atoms with Gasteiger partial charge in [0.05, 0.1) is 0 Å². The normalized spacial score (nSPS) is 18.1. The standard InChI is InChI=1S/C17H28N4S/c1-17(2)14-21(12-13-22-17)16(18-3)20-11-7-10-19-15-8-5-4-6-9-15/h4-6,8-9,19H,7,10-14H2,1-3H3,(H,18,20). The number of thioether (sulfide) groups is 1. The summed E-state index contributed by atoms with van der Waals surface area (Å²) in [5.74, 6) is 2.21. The summed E-state index contributed by atoms with van der Waals surface area (Å²) in [4.78, 5) is 6.81. The van der Waals surface area contributed by atoms with E-state index in [4.69, 9.17) is 0 Å². The number of para-hydroxylation sites is 1. The second-order valence-electron chi connectivity index (χ2n) is 6.15. The molecule has 1 aliphatic heterocycles. The summed E-state index contributed by atoms with van der Waals surface area (Å²) < 4.78 is 0.310. The van der Waals surface area contributed by atoms with E-state index in [0.717, 1.165) is 38.6 Å². The van der Waals surface area contributed by atoms with Crippen molar-refractivity contribution in [3.8, 4) is 0 Å². The van der Waals surface area contributed by atoms with Crippen LogP contribution in [0.25, 0.3) is 0 Å². The Morgan fingerprint density at radius 3 is 2.73 bits per heavy atom. The minimum Gasteiger partial charge on any atom is -0.385 e. The van der Waals surface area contributed by atoms with Crippen molar-refractivity contribution < 1.29 is 0 Å². The minimum atomic E-state index is 0.310. The molecule has 1 heterocycles. The van der Waals surface area contributed by atoms with Gasteiger partial charge in [-0.25, -0.2) is 0 Å². The third-order valence-electron chi connectivity index (χ3n) is 3.68. The Morgan fingerprint density at radius 2 is 2.05 bits per heavy atom. The molecular weight excluding hydrogens is 292 g/mol. The number of anilines is 1. The van der Waals surface area contributed by atoms with Crippen LogP contribution in [0, 0.1) is 0 Å². The third kappa shape index (κ3) is 5.44. The van der Waals surface area contributed by atoms with Crippen LogP contribution in [0.15, 0.2) is 35.3 Å². The molecule has 0 aromatic heterocycles. The molecular formula is C17H28N4S. The van der Waals surface area contributed by atoms with E-state index in [1.54, 1.807) is 0 Å². The number of nitrogens with zero attached hydrogens (tertiary/aromatic N) is 2. The van der Waals surface area contributed by atoms with Crippen LogP contribution >= 0.6 is 11.8 Å². The molecule has 5 heteroatoms. The first-order valence-corrected chi connectivity index (χ1v) is 8.98. The van der Waals surface area contributed by atoms with Crippen molar-refractivity contribution in [1.29, 1.82) is 0 Å². The summed E-state index contributed by atoms with van der Waals surface area (Å²) in [6, 6.07) is 10.3. The number of hydrogen-bond acceptors (Lipinski definition) is 3. The summed E-state index contributed by atoms with van der Waals surface area (Å²) >= 11 is 2.05. The van der Waals surface area contributed by atoms with E-state index in [1.807, 2.05) is 24.9 Å². The molecule has 22 heavy (non-hydrogen) atoms. The van der Waals surface area contributed by atoms with Gasteiger partial charge in [-0.15, -0.1) is 0 Å². The average molecular weight is 321 g/mol. The topological polar surface area (TPSA) is 39.7 Å². The van der Waals surface area contributed by atoms with Gasteiger partial charge in [-0.2, -0.15) is 11.8 Å². The molecule has 122 valence electrons. The minimum absolute atomic E-state index is 0.310. The summed E-state index contributed by atoms with van der Waals surface area (Å²) in [5, 5.41) is 6.92. The lowest BCUT2D eigenvalue weighted by atomic mass is 10.2. The molecule has 0 unspecified atom stereocenters. The van der Waals surface area contributed by atoms with Gasteiger partial charge in [0.25, 0.3) is 0 Å². The lowest BCUT2D eigenvalue weighted by Crippen LogP contribution is -2.51. The second kappa shape index (κ2) is 8.32. The average Bonchev–Trinajstić information content (AvgIpc) is 2.51. The predicted molar refractivity (Wildman–Crippen MR) is 99.0 cm³/mol. The number of benzene rings is 1. The highest BCUT2D eigenvalue weighted by Crippen LogP contribution is 2.29. The van der Waals surface area contributed by atoms with E-state index in [1.165, 1.54) is 11.4 Å². The van der Waals surface area contributed by atoms with Gasteiger partial charge < -0.3 is 15.5 Å². The van der Waals surface area contributed by atoms with Gasteiger partial charge in [-0.05, 0) is 32.4 Å². The van der Waals surface area contributed by atoms with E-state index in [2.05, 4.69) is 58.6 Å². The van der Waals surface area contributed by atoms with Crippen molar-refractivity contribution in [2.75, 3.05) is 44.3 Å². The summed E-state index contributed by atoms with van der Waals surface area (Å²) in [5.41, 5.74) is 1.18. The highest BCUT2D eigenvalue weighted by Gasteiger charge is 2.28. The molecule has 2 rings (SSSR count). The molecule has 1 saturated heterocycles. The maximum absolute atomic E-state index is 4.43. The molecule has 1 aromatic carbocycles. The summed E-state index contributed by atoms with van der Waals surface area (Å²) in [7, 11) is 1.87. The highest BCUT2D eigenvalue weighted by atomic mass is 32.2. The van der Waals surface area contributed by atoms with Crippen molar-refractivity contribution in [3.05, 3.63) is 30.3 Å². The van der Waals surface area contributed by atoms with Crippen molar-refractivity contribution in [3.63, 3.8) is 0 Å². The Morgan fingerprint density at radius 1 is 1.27 bits per heavy atom. The van der Waals surface area contributed by atoms with E-state index in [0.29, 0.717) is 4.75 Å². The molecule has 1 fully saturated rings.